The highest BCUT2D eigenvalue weighted by Crippen LogP contribution is 2.47. The van der Waals surface area contributed by atoms with Crippen LogP contribution in [0.3, 0.4) is 0 Å². The van der Waals surface area contributed by atoms with E-state index in [4.69, 9.17) is 4.74 Å². The SMILES string of the molecule is COc1cccc(CNC(=O)c2cc3c(=O)n(CCS(O)(O)c4ccc(C)cc4)c(=O)n(C)c3s2)c1. The molecule has 190 valence electrons. The second kappa shape index (κ2) is 10.3. The molecule has 0 bridgehead atoms. The van der Waals surface area contributed by atoms with Gasteiger partial charge in [-0.1, -0.05) is 29.8 Å². The van der Waals surface area contributed by atoms with Gasteiger partial charge in [0.1, 0.15) is 10.6 Å². The summed E-state index contributed by atoms with van der Waals surface area (Å²) in [5.74, 6) is 0.124. The number of aryl methyl sites for hydroxylation is 2. The van der Waals surface area contributed by atoms with E-state index < -0.39 is 21.8 Å². The van der Waals surface area contributed by atoms with Gasteiger partial charge >= 0.3 is 5.69 Å². The highest BCUT2D eigenvalue weighted by Gasteiger charge is 2.21. The average Bonchev–Trinajstić information content (AvgIpc) is 3.32. The first kappa shape index (κ1) is 25.7. The van der Waals surface area contributed by atoms with Crippen molar-refractivity contribution in [3.8, 4) is 5.75 Å². The summed E-state index contributed by atoms with van der Waals surface area (Å²) in [5.41, 5.74) is 0.670. The van der Waals surface area contributed by atoms with Crippen LogP contribution in [-0.4, -0.2) is 37.0 Å². The van der Waals surface area contributed by atoms with Crippen LogP contribution in [0, 0.1) is 6.92 Å². The lowest BCUT2D eigenvalue weighted by Gasteiger charge is -2.32. The molecular formula is C25H27N3O6S2. The molecule has 0 aliphatic carbocycles. The van der Waals surface area contributed by atoms with Crippen LogP contribution in [-0.2, 0) is 20.1 Å². The topological polar surface area (TPSA) is 123 Å². The standard InChI is InChI=1S/C25H27N3O6S2/c1-16-7-9-19(10-8-16)36(32,33)12-11-28-23(30)20-14-21(35-24(20)27(2)25(28)31)22(29)26-15-17-5-4-6-18(13-17)34-3/h4-10,13-14,32-33H,11-12,15H2,1-3H3,(H,26,29). The molecule has 0 aliphatic rings. The number of benzene rings is 2. The summed E-state index contributed by atoms with van der Waals surface area (Å²) in [6.07, 6.45) is 0. The number of hydrogen-bond acceptors (Lipinski definition) is 7. The van der Waals surface area contributed by atoms with E-state index in [9.17, 15) is 23.5 Å². The van der Waals surface area contributed by atoms with Gasteiger partial charge in [-0.25, -0.2) is 4.79 Å². The van der Waals surface area contributed by atoms with Gasteiger partial charge in [0.25, 0.3) is 11.5 Å². The predicted molar refractivity (Wildman–Crippen MR) is 143 cm³/mol. The maximum absolute atomic E-state index is 13.1. The predicted octanol–water partition coefficient (Wildman–Crippen LogP) is 3.82. The lowest BCUT2D eigenvalue weighted by Crippen LogP contribution is -2.39. The van der Waals surface area contributed by atoms with Crippen LogP contribution in [0.4, 0.5) is 0 Å². The number of amides is 1. The van der Waals surface area contributed by atoms with Gasteiger partial charge < -0.3 is 10.1 Å². The van der Waals surface area contributed by atoms with Gasteiger partial charge in [-0.15, -0.1) is 11.3 Å². The van der Waals surface area contributed by atoms with Gasteiger partial charge in [-0.3, -0.25) is 27.8 Å². The van der Waals surface area contributed by atoms with Crippen molar-refractivity contribution in [2.24, 2.45) is 7.05 Å². The highest BCUT2D eigenvalue weighted by molar-refractivity contribution is 8.24. The van der Waals surface area contributed by atoms with Crippen LogP contribution < -0.4 is 21.3 Å². The van der Waals surface area contributed by atoms with Crippen molar-refractivity contribution in [1.82, 2.24) is 14.5 Å². The summed E-state index contributed by atoms with van der Waals surface area (Å²) in [6, 6.07) is 15.6. The molecule has 9 nitrogen and oxygen atoms in total. The molecule has 36 heavy (non-hydrogen) atoms. The monoisotopic (exact) mass is 529 g/mol. The molecule has 11 heteroatoms. The molecular weight excluding hydrogens is 502 g/mol. The molecule has 0 saturated heterocycles. The minimum atomic E-state index is -3.20. The Balaban J connectivity index is 1.57. The molecule has 2 aromatic carbocycles. The number of aromatic nitrogens is 2. The van der Waals surface area contributed by atoms with Crippen molar-refractivity contribution >= 4 is 38.1 Å². The van der Waals surface area contributed by atoms with Crippen molar-refractivity contribution < 1.29 is 18.6 Å². The number of carbonyl (C=O) groups excluding carboxylic acids is 1. The van der Waals surface area contributed by atoms with Crippen molar-refractivity contribution in [3.63, 3.8) is 0 Å². The number of nitrogens with zero attached hydrogens (tertiary/aromatic N) is 2. The van der Waals surface area contributed by atoms with Crippen LogP contribution in [0.2, 0.25) is 0 Å². The van der Waals surface area contributed by atoms with Gasteiger partial charge in [-0.2, -0.15) is 10.6 Å². The fraction of sp³-hybridized carbons (Fsp3) is 0.240. The number of thiophene rings is 1. The summed E-state index contributed by atoms with van der Waals surface area (Å²) in [6.45, 7) is 1.98. The van der Waals surface area contributed by atoms with Crippen LogP contribution in [0.5, 0.6) is 5.75 Å². The third-order valence-electron chi connectivity index (χ3n) is 5.82. The number of rotatable bonds is 8. The van der Waals surface area contributed by atoms with E-state index in [0.717, 1.165) is 27.0 Å². The first-order chi connectivity index (χ1) is 17.1. The third kappa shape index (κ3) is 5.24. The molecule has 4 aromatic rings. The minimum absolute atomic E-state index is 0.176. The fourth-order valence-corrected chi connectivity index (χ4v) is 6.00. The molecule has 2 aromatic heterocycles. The van der Waals surface area contributed by atoms with Gasteiger partial charge in [0, 0.05) is 20.1 Å². The smallest absolute Gasteiger partial charge is 0.331 e. The van der Waals surface area contributed by atoms with Crippen LogP contribution in [0.1, 0.15) is 20.8 Å². The summed E-state index contributed by atoms with van der Waals surface area (Å²) in [4.78, 5) is 39.9. The Morgan fingerprint density at radius 3 is 2.53 bits per heavy atom. The van der Waals surface area contributed by atoms with E-state index in [1.807, 2.05) is 31.2 Å². The number of carbonyl (C=O) groups is 1. The normalized spacial score (nSPS) is 12.0. The summed E-state index contributed by atoms with van der Waals surface area (Å²) >= 11 is 1.05. The molecule has 0 aliphatic heterocycles. The minimum Gasteiger partial charge on any atom is -0.497 e. The zero-order chi connectivity index (χ0) is 26.0. The average molecular weight is 530 g/mol. The van der Waals surface area contributed by atoms with Crippen LogP contribution >= 0.6 is 21.9 Å². The number of fused-ring (bicyclic) bond motifs is 1. The summed E-state index contributed by atoms with van der Waals surface area (Å²) in [5, 5.41) is 3.04. The van der Waals surface area contributed by atoms with Crippen LogP contribution in [0.25, 0.3) is 10.2 Å². The Labute approximate surface area is 212 Å². The zero-order valence-electron chi connectivity index (χ0n) is 20.1. The number of ether oxygens (including phenoxy) is 1. The largest absolute Gasteiger partial charge is 0.497 e. The molecule has 0 unspecified atom stereocenters. The second-order valence-electron chi connectivity index (χ2n) is 8.35. The number of methoxy groups -OCH3 is 1. The molecule has 0 saturated carbocycles. The molecule has 3 N–H and O–H groups in total. The summed E-state index contributed by atoms with van der Waals surface area (Å²) in [7, 11) is -0.113. The van der Waals surface area contributed by atoms with E-state index in [-0.39, 0.29) is 30.1 Å². The van der Waals surface area contributed by atoms with Crippen molar-refractivity contribution in [2.45, 2.75) is 24.9 Å². The molecule has 0 fully saturated rings. The Hall–Kier alpha value is -3.38. The van der Waals surface area contributed by atoms with E-state index in [2.05, 4.69) is 5.32 Å². The second-order valence-corrected chi connectivity index (χ2v) is 11.6. The van der Waals surface area contributed by atoms with Gasteiger partial charge in [0.15, 0.2) is 0 Å². The highest BCUT2D eigenvalue weighted by atomic mass is 32.3. The van der Waals surface area contributed by atoms with Gasteiger partial charge in [0.05, 0.1) is 28.0 Å². The molecule has 0 atom stereocenters. The van der Waals surface area contributed by atoms with E-state index in [1.54, 1.807) is 31.4 Å². The van der Waals surface area contributed by atoms with E-state index >= 15 is 0 Å². The maximum Gasteiger partial charge on any atom is 0.331 e. The molecule has 0 radical (unpaired) electrons. The lowest BCUT2D eigenvalue weighted by molar-refractivity contribution is 0.0955. The van der Waals surface area contributed by atoms with Gasteiger partial charge in [-0.05, 0) is 42.8 Å². The van der Waals surface area contributed by atoms with Gasteiger partial charge in [0.2, 0.25) is 0 Å². The van der Waals surface area contributed by atoms with E-state index in [0.29, 0.717) is 20.4 Å². The van der Waals surface area contributed by atoms with Crippen molar-refractivity contribution in [2.75, 3.05) is 12.9 Å². The summed E-state index contributed by atoms with van der Waals surface area (Å²) < 4.78 is 28.7. The quantitative estimate of drug-likeness (QED) is 0.319. The molecule has 1 amide bonds. The molecule has 2 heterocycles. The van der Waals surface area contributed by atoms with Crippen LogP contribution in [0.15, 0.2) is 69.1 Å². The lowest BCUT2D eigenvalue weighted by atomic mass is 10.2. The Morgan fingerprint density at radius 1 is 1.11 bits per heavy atom. The number of nitrogens with one attached hydrogen (secondary N) is 1. The number of hydrogen-bond donors (Lipinski definition) is 3. The first-order valence-electron chi connectivity index (χ1n) is 11.1. The fourth-order valence-electron chi connectivity index (χ4n) is 3.74. The first-order valence-corrected chi connectivity index (χ1v) is 13.6. The van der Waals surface area contributed by atoms with Crippen molar-refractivity contribution in [3.05, 3.63) is 91.4 Å². The Kier molecular flexibility index (Phi) is 7.36. The molecule has 4 rings (SSSR count). The maximum atomic E-state index is 13.1. The van der Waals surface area contributed by atoms with E-state index in [1.165, 1.54) is 17.7 Å². The van der Waals surface area contributed by atoms with Crippen molar-refractivity contribution in [1.29, 1.82) is 0 Å². The molecule has 0 spiro atoms. The Bertz CT molecular complexity index is 1540. The third-order valence-corrected chi connectivity index (χ3v) is 8.81. The Morgan fingerprint density at radius 2 is 1.83 bits per heavy atom. The zero-order valence-corrected chi connectivity index (χ0v) is 21.7.